The SMILES string of the molecule is COc1cc(C)c(S(=O)(=O)NCc2nc(C)cc(N3CCOCC3)n2)cc1C. The van der Waals surface area contributed by atoms with E-state index in [1.54, 1.807) is 26.2 Å². The molecule has 2 aromatic rings. The Labute approximate surface area is 166 Å². The molecule has 1 saturated heterocycles. The molecule has 0 saturated carbocycles. The fourth-order valence-electron chi connectivity index (χ4n) is 3.16. The van der Waals surface area contributed by atoms with Crippen molar-refractivity contribution in [3.05, 3.63) is 40.8 Å². The summed E-state index contributed by atoms with van der Waals surface area (Å²) in [5.74, 6) is 1.89. The Morgan fingerprint density at radius 2 is 1.82 bits per heavy atom. The molecule has 8 nitrogen and oxygen atoms in total. The van der Waals surface area contributed by atoms with Crippen LogP contribution in [-0.2, 0) is 21.3 Å². The van der Waals surface area contributed by atoms with E-state index in [-0.39, 0.29) is 11.4 Å². The van der Waals surface area contributed by atoms with Crippen molar-refractivity contribution in [2.45, 2.75) is 32.2 Å². The Kier molecular flexibility index (Phi) is 6.17. The molecule has 1 aromatic carbocycles. The number of morpholine rings is 1. The van der Waals surface area contributed by atoms with Gasteiger partial charge in [-0.25, -0.2) is 23.1 Å². The summed E-state index contributed by atoms with van der Waals surface area (Å²) in [5.41, 5.74) is 2.17. The first kappa shape index (κ1) is 20.5. The molecule has 3 rings (SSSR count). The van der Waals surface area contributed by atoms with E-state index in [1.807, 2.05) is 19.9 Å². The maximum absolute atomic E-state index is 12.8. The van der Waals surface area contributed by atoms with Crippen molar-refractivity contribution in [1.29, 1.82) is 0 Å². The van der Waals surface area contributed by atoms with Crippen molar-refractivity contribution in [2.75, 3.05) is 38.3 Å². The van der Waals surface area contributed by atoms with Gasteiger partial charge in [-0.2, -0.15) is 0 Å². The average molecular weight is 407 g/mol. The summed E-state index contributed by atoms with van der Waals surface area (Å²) in [4.78, 5) is 11.3. The third-order valence-electron chi connectivity index (χ3n) is 4.62. The third kappa shape index (κ3) is 4.60. The van der Waals surface area contributed by atoms with Crippen molar-refractivity contribution < 1.29 is 17.9 Å². The Balaban J connectivity index is 1.79. The summed E-state index contributed by atoms with van der Waals surface area (Å²) in [6, 6.07) is 5.25. The van der Waals surface area contributed by atoms with Crippen molar-refractivity contribution >= 4 is 15.8 Å². The Hall–Kier alpha value is -2.23. The molecular formula is C19H26N4O4S. The van der Waals surface area contributed by atoms with Gasteiger partial charge >= 0.3 is 0 Å². The minimum atomic E-state index is -3.71. The number of nitrogens with one attached hydrogen (secondary N) is 1. The second kappa shape index (κ2) is 8.42. The number of benzene rings is 1. The van der Waals surface area contributed by atoms with Crippen LogP contribution in [0.5, 0.6) is 5.75 Å². The molecular weight excluding hydrogens is 380 g/mol. The Morgan fingerprint density at radius 1 is 1.11 bits per heavy atom. The number of hydrogen-bond acceptors (Lipinski definition) is 7. The van der Waals surface area contributed by atoms with Gasteiger partial charge in [-0.1, -0.05) is 0 Å². The molecule has 1 aromatic heterocycles. The lowest BCUT2D eigenvalue weighted by Crippen LogP contribution is -2.37. The predicted molar refractivity (Wildman–Crippen MR) is 106 cm³/mol. The number of rotatable bonds is 6. The van der Waals surface area contributed by atoms with Gasteiger partial charge in [0, 0.05) is 24.8 Å². The Morgan fingerprint density at radius 3 is 2.50 bits per heavy atom. The first-order valence-corrected chi connectivity index (χ1v) is 10.6. The van der Waals surface area contributed by atoms with Crippen LogP contribution in [0.3, 0.4) is 0 Å². The van der Waals surface area contributed by atoms with Crippen molar-refractivity contribution in [3.8, 4) is 5.75 Å². The van der Waals surface area contributed by atoms with E-state index >= 15 is 0 Å². The minimum Gasteiger partial charge on any atom is -0.496 e. The van der Waals surface area contributed by atoms with Crippen LogP contribution in [0.2, 0.25) is 0 Å². The normalized spacial score (nSPS) is 14.9. The highest BCUT2D eigenvalue weighted by Crippen LogP contribution is 2.25. The van der Waals surface area contributed by atoms with E-state index in [2.05, 4.69) is 19.6 Å². The molecule has 9 heteroatoms. The maximum Gasteiger partial charge on any atom is 0.241 e. The fraction of sp³-hybridized carbons (Fsp3) is 0.474. The number of aryl methyl sites for hydroxylation is 3. The minimum absolute atomic E-state index is 0.0197. The van der Waals surface area contributed by atoms with Gasteiger partial charge in [0.05, 0.1) is 31.8 Å². The van der Waals surface area contributed by atoms with Crippen LogP contribution in [-0.4, -0.2) is 51.8 Å². The molecule has 0 atom stereocenters. The van der Waals surface area contributed by atoms with Crippen LogP contribution < -0.4 is 14.4 Å². The number of sulfonamides is 1. The van der Waals surface area contributed by atoms with Gasteiger partial charge in [-0.3, -0.25) is 0 Å². The number of aromatic nitrogens is 2. The highest BCUT2D eigenvalue weighted by molar-refractivity contribution is 7.89. The average Bonchev–Trinajstić information content (AvgIpc) is 2.68. The van der Waals surface area contributed by atoms with Crippen LogP contribution in [0.1, 0.15) is 22.6 Å². The smallest absolute Gasteiger partial charge is 0.241 e. The van der Waals surface area contributed by atoms with Crippen LogP contribution in [0, 0.1) is 20.8 Å². The molecule has 1 aliphatic heterocycles. The molecule has 0 bridgehead atoms. The van der Waals surface area contributed by atoms with E-state index in [0.29, 0.717) is 30.4 Å². The molecule has 1 N–H and O–H groups in total. The van der Waals surface area contributed by atoms with Crippen molar-refractivity contribution in [2.24, 2.45) is 0 Å². The lowest BCUT2D eigenvalue weighted by molar-refractivity contribution is 0.122. The van der Waals surface area contributed by atoms with E-state index in [4.69, 9.17) is 9.47 Å². The molecule has 2 heterocycles. The van der Waals surface area contributed by atoms with E-state index in [9.17, 15) is 8.42 Å². The van der Waals surface area contributed by atoms with Gasteiger partial charge in [0.25, 0.3) is 0 Å². The van der Waals surface area contributed by atoms with Crippen LogP contribution >= 0.6 is 0 Å². The molecule has 1 fully saturated rings. The monoisotopic (exact) mass is 406 g/mol. The van der Waals surface area contributed by atoms with E-state index in [1.165, 1.54) is 0 Å². The molecule has 0 spiro atoms. The van der Waals surface area contributed by atoms with Gasteiger partial charge < -0.3 is 14.4 Å². The van der Waals surface area contributed by atoms with Gasteiger partial charge in [-0.15, -0.1) is 0 Å². The Bertz CT molecular complexity index is 957. The third-order valence-corrected chi connectivity index (χ3v) is 6.17. The standard InChI is InChI=1S/C19H26N4O4S/c1-13-10-17(14(2)9-16(13)26-4)28(24,25)20-12-18-21-15(3)11-19(22-18)23-5-7-27-8-6-23/h9-11,20H,5-8,12H2,1-4H3. The molecule has 28 heavy (non-hydrogen) atoms. The zero-order chi connectivity index (χ0) is 20.3. The maximum atomic E-state index is 12.8. The summed E-state index contributed by atoms with van der Waals surface area (Å²) in [5, 5.41) is 0. The van der Waals surface area contributed by atoms with Gasteiger partial charge in [0.2, 0.25) is 10.0 Å². The molecule has 152 valence electrons. The second-order valence-electron chi connectivity index (χ2n) is 6.80. The summed E-state index contributed by atoms with van der Waals surface area (Å²) >= 11 is 0. The van der Waals surface area contributed by atoms with E-state index in [0.717, 1.165) is 30.2 Å². The number of methoxy groups -OCH3 is 1. The van der Waals surface area contributed by atoms with Gasteiger partial charge in [0.1, 0.15) is 17.4 Å². The predicted octanol–water partition coefficient (Wildman–Crippen LogP) is 1.73. The highest BCUT2D eigenvalue weighted by Gasteiger charge is 2.20. The lowest BCUT2D eigenvalue weighted by Gasteiger charge is -2.28. The molecule has 0 amide bonds. The van der Waals surface area contributed by atoms with Crippen LogP contribution in [0.4, 0.5) is 5.82 Å². The first-order chi connectivity index (χ1) is 13.3. The van der Waals surface area contributed by atoms with Crippen LogP contribution in [0.15, 0.2) is 23.1 Å². The van der Waals surface area contributed by atoms with Crippen molar-refractivity contribution in [1.82, 2.24) is 14.7 Å². The molecule has 0 radical (unpaired) electrons. The van der Waals surface area contributed by atoms with Crippen molar-refractivity contribution in [3.63, 3.8) is 0 Å². The fourth-order valence-corrected chi connectivity index (χ4v) is 4.44. The number of nitrogens with zero attached hydrogens (tertiary/aromatic N) is 3. The highest BCUT2D eigenvalue weighted by atomic mass is 32.2. The summed E-state index contributed by atoms with van der Waals surface area (Å²) < 4.78 is 38.9. The summed E-state index contributed by atoms with van der Waals surface area (Å²) in [6.07, 6.45) is 0. The molecule has 0 unspecified atom stereocenters. The first-order valence-electron chi connectivity index (χ1n) is 9.12. The van der Waals surface area contributed by atoms with Crippen LogP contribution in [0.25, 0.3) is 0 Å². The number of hydrogen-bond donors (Lipinski definition) is 1. The summed E-state index contributed by atoms with van der Waals surface area (Å²) in [6.45, 7) is 8.28. The number of anilines is 1. The second-order valence-corrected chi connectivity index (χ2v) is 8.53. The zero-order valence-corrected chi connectivity index (χ0v) is 17.5. The lowest BCUT2D eigenvalue weighted by atomic mass is 10.1. The zero-order valence-electron chi connectivity index (χ0n) is 16.7. The summed E-state index contributed by atoms with van der Waals surface area (Å²) in [7, 11) is -2.14. The quantitative estimate of drug-likeness (QED) is 0.781. The molecule has 0 aliphatic carbocycles. The molecule has 1 aliphatic rings. The van der Waals surface area contributed by atoms with E-state index < -0.39 is 10.0 Å². The van der Waals surface area contributed by atoms with Gasteiger partial charge in [-0.05, 0) is 44.0 Å². The van der Waals surface area contributed by atoms with Gasteiger partial charge in [0.15, 0.2) is 0 Å². The topological polar surface area (TPSA) is 93.7 Å². The number of ether oxygens (including phenoxy) is 2. The largest absolute Gasteiger partial charge is 0.496 e.